The molecule has 4 rings (SSSR count). The molecule has 0 aliphatic carbocycles. The molecule has 0 bridgehead atoms. The van der Waals surface area contributed by atoms with Crippen molar-refractivity contribution < 1.29 is 18.7 Å². The molecule has 0 spiro atoms. The van der Waals surface area contributed by atoms with Crippen LogP contribution < -0.4 is 5.32 Å². The first kappa shape index (κ1) is 21.5. The fraction of sp³-hybridized carbons (Fsp3) is 0.522. The van der Waals surface area contributed by atoms with Gasteiger partial charge < -0.3 is 19.5 Å². The maximum absolute atomic E-state index is 13.2. The Morgan fingerprint density at radius 3 is 2.68 bits per heavy atom. The van der Waals surface area contributed by atoms with E-state index in [9.17, 15) is 14.0 Å². The number of carbonyl (C=O) groups is 2. The SMILES string of the molecule is CCCCNC(=O)C1CCN(C(=O)c2ncn3c2CO[C@@H](c2ccc(F)cc2)C3)CC1. The van der Waals surface area contributed by atoms with Crippen LogP contribution in [0.2, 0.25) is 0 Å². The second-order valence-electron chi connectivity index (χ2n) is 8.25. The molecule has 31 heavy (non-hydrogen) atoms. The normalized spacial score (nSPS) is 19.2. The predicted octanol–water partition coefficient (Wildman–Crippen LogP) is 3.06. The van der Waals surface area contributed by atoms with Gasteiger partial charge in [-0.25, -0.2) is 9.37 Å². The molecule has 7 nitrogen and oxygen atoms in total. The summed E-state index contributed by atoms with van der Waals surface area (Å²) in [6.07, 6.45) is 4.85. The van der Waals surface area contributed by atoms with Gasteiger partial charge in [0.2, 0.25) is 5.91 Å². The summed E-state index contributed by atoms with van der Waals surface area (Å²) in [6, 6.07) is 6.28. The van der Waals surface area contributed by atoms with E-state index in [1.807, 2.05) is 4.57 Å². The Bertz CT molecular complexity index is 919. The number of unbranched alkanes of at least 4 members (excludes halogenated alkanes) is 1. The van der Waals surface area contributed by atoms with E-state index in [0.29, 0.717) is 44.7 Å². The molecular weight excluding hydrogens is 399 g/mol. The number of nitrogens with zero attached hydrogens (tertiary/aromatic N) is 3. The van der Waals surface area contributed by atoms with Gasteiger partial charge in [0.05, 0.1) is 25.2 Å². The van der Waals surface area contributed by atoms with Crippen LogP contribution in [0.4, 0.5) is 4.39 Å². The monoisotopic (exact) mass is 428 g/mol. The Balaban J connectivity index is 1.35. The van der Waals surface area contributed by atoms with Crippen molar-refractivity contribution in [1.29, 1.82) is 0 Å². The van der Waals surface area contributed by atoms with Crippen molar-refractivity contribution in [1.82, 2.24) is 19.8 Å². The quantitative estimate of drug-likeness (QED) is 0.718. The van der Waals surface area contributed by atoms with Crippen molar-refractivity contribution in [3.8, 4) is 0 Å². The van der Waals surface area contributed by atoms with E-state index in [2.05, 4.69) is 17.2 Å². The van der Waals surface area contributed by atoms with E-state index < -0.39 is 0 Å². The van der Waals surface area contributed by atoms with Crippen molar-refractivity contribution in [3.63, 3.8) is 0 Å². The molecule has 166 valence electrons. The maximum Gasteiger partial charge on any atom is 0.274 e. The first-order chi connectivity index (χ1) is 15.1. The van der Waals surface area contributed by atoms with Crippen molar-refractivity contribution >= 4 is 11.8 Å². The molecule has 1 saturated heterocycles. The van der Waals surface area contributed by atoms with Crippen LogP contribution in [0, 0.1) is 11.7 Å². The van der Waals surface area contributed by atoms with Crippen LogP contribution in [0.1, 0.15) is 60.5 Å². The lowest BCUT2D eigenvalue weighted by molar-refractivity contribution is -0.126. The number of nitrogens with one attached hydrogen (secondary N) is 1. The number of hydrogen-bond donors (Lipinski definition) is 1. The van der Waals surface area contributed by atoms with E-state index in [1.165, 1.54) is 12.1 Å². The molecule has 1 fully saturated rings. The molecule has 2 aliphatic heterocycles. The van der Waals surface area contributed by atoms with Gasteiger partial charge in [-0.2, -0.15) is 0 Å². The zero-order valence-corrected chi connectivity index (χ0v) is 17.8. The highest BCUT2D eigenvalue weighted by Crippen LogP contribution is 2.29. The Morgan fingerprint density at radius 2 is 1.97 bits per heavy atom. The first-order valence-electron chi connectivity index (χ1n) is 11.0. The zero-order valence-electron chi connectivity index (χ0n) is 17.8. The molecule has 2 aromatic rings. The number of ether oxygens (including phenoxy) is 1. The van der Waals surface area contributed by atoms with Gasteiger partial charge in [0.1, 0.15) is 11.9 Å². The number of hydrogen-bond acceptors (Lipinski definition) is 4. The zero-order chi connectivity index (χ0) is 21.8. The number of piperidine rings is 1. The summed E-state index contributed by atoms with van der Waals surface area (Å²) in [7, 11) is 0. The first-order valence-corrected chi connectivity index (χ1v) is 11.0. The summed E-state index contributed by atoms with van der Waals surface area (Å²) >= 11 is 0. The van der Waals surface area contributed by atoms with E-state index in [4.69, 9.17) is 4.74 Å². The summed E-state index contributed by atoms with van der Waals surface area (Å²) in [4.78, 5) is 31.5. The largest absolute Gasteiger partial charge is 0.365 e. The van der Waals surface area contributed by atoms with Gasteiger partial charge in [-0.15, -0.1) is 0 Å². The van der Waals surface area contributed by atoms with Crippen molar-refractivity contribution in [3.05, 3.63) is 53.4 Å². The second-order valence-corrected chi connectivity index (χ2v) is 8.25. The van der Waals surface area contributed by atoms with Gasteiger partial charge >= 0.3 is 0 Å². The lowest BCUT2D eigenvalue weighted by Crippen LogP contribution is -2.43. The molecule has 0 radical (unpaired) electrons. The molecule has 1 N–H and O–H groups in total. The van der Waals surface area contributed by atoms with Crippen LogP contribution >= 0.6 is 0 Å². The van der Waals surface area contributed by atoms with Gasteiger partial charge in [-0.05, 0) is 37.0 Å². The average molecular weight is 429 g/mol. The van der Waals surface area contributed by atoms with E-state index in [0.717, 1.165) is 24.1 Å². The number of halogens is 1. The molecule has 0 saturated carbocycles. The number of likely N-dealkylation sites (tertiary alicyclic amines) is 1. The summed E-state index contributed by atoms with van der Waals surface area (Å²) in [5.74, 6) is -0.322. The molecule has 1 atom stereocenters. The Morgan fingerprint density at radius 1 is 1.23 bits per heavy atom. The predicted molar refractivity (Wildman–Crippen MR) is 113 cm³/mol. The van der Waals surface area contributed by atoms with Crippen LogP contribution in [0.25, 0.3) is 0 Å². The standard InChI is InChI=1S/C23H29FN4O3/c1-2-3-10-25-22(29)17-8-11-27(12-9-17)23(30)21-19-14-31-20(13-28(19)15-26-21)16-4-6-18(24)7-5-16/h4-7,15,17,20H,2-3,8-14H2,1H3,(H,25,29)/t20-/m1/s1. The van der Waals surface area contributed by atoms with E-state index in [1.54, 1.807) is 23.4 Å². The summed E-state index contributed by atoms with van der Waals surface area (Å²) in [5.41, 5.74) is 2.08. The van der Waals surface area contributed by atoms with Crippen molar-refractivity contribution in [2.45, 2.75) is 51.9 Å². The number of fused-ring (bicyclic) bond motifs is 1. The Hall–Kier alpha value is -2.74. The minimum absolute atomic E-state index is 0.0309. The van der Waals surface area contributed by atoms with E-state index >= 15 is 0 Å². The number of rotatable bonds is 6. The number of aromatic nitrogens is 2. The number of imidazole rings is 1. The van der Waals surface area contributed by atoms with Gasteiger partial charge in [0, 0.05) is 25.6 Å². The topological polar surface area (TPSA) is 76.5 Å². The highest BCUT2D eigenvalue weighted by molar-refractivity contribution is 5.93. The summed E-state index contributed by atoms with van der Waals surface area (Å²) in [5, 5.41) is 2.99. The van der Waals surface area contributed by atoms with Crippen LogP contribution in [-0.2, 0) is 22.7 Å². The third-order valence-corrected chi connectivity index (χ3v) is 6.16. The second kappa shape index (κ2) is 9.60. The summed E-state index contributed by atoms with van der Waals surface area (Å²) in [6.45, 7) is 4.72. The molecule has 2 aliphatic rings. The average Bonchev–Trinajstić information content (AvgIpc) is 3.22. The molecule has 2 amide bonds. The van der Waals surface area contributed by atoms with Crippen LogP contribution in [0.15, 0.2) is 30.6 Å². The lowest BCUT2D eigenvalue weighted by Gasteiger charge is -2.31. The molecule has 3 heterocycles. The van der Waals surface area contributed by atoms with Crippen LogP contribution in [0.5, 0.6) is 0 Å². The Kier molecular flexibility index (Phi) is 6.65. The highest BCUT2D eigenvalue weighted by atomic mass is 19.1. The lowest BCUT2D eigenvalue weighted by atomic mass is 9.95. The minimum atomic E-state index is -0.280. The highest BCUT2D eigenvalue weighted by Gasteiger charge is 2.32. The van der Waals surface area contributed by atoms with Crippen molar-refractivity contribution in [2.75, 3.05) is 19.6 Å². The van der Waals surface area contributed by atoms with Gasteiger partial charge in [0.15, 0.2) is 5.69 Å². The third kappa shape index (κ3) is 4.79. The number of carbonyl (C=O) groups excluding carboxylic acids is 2. The fourth-order valence-electron chi connectivity index (χ4n) is 4.21. The van der Waals surface area contributed by atoms with Gasteiger partial charge in [0.25, 0.3) is 5.91 Å². The minimum Gasteiger partial charge on any atom is -0.365 e. The molecule has 1 aromatic heterocycles. The number of benzene rings is 1. The van der Waals surface area contributed by atoms with Crippen LogP contribution in [0.3, 0.4) is 0 Å². The Labute approximate surface area is 181 Å². The van der Waals surface area contributed by atoms with Crippen LogP contribution in [-0.4, -0.2) is 45.9 Å². The third-order valence-electron chi connectivity index (χ3n) is 6.16. The van der Waals surface area contributed by atoms with Gasteiger partial charge in [-0.3, -0.25) is 9.59 Å². The molecule has 0 unspecified atom stereocenters. The molecule has 1 aromatic carbocycles. The van der Waals surface area contributed by atoms with E-state index in [-0.39, 0.29) is 36.3 Å². The van der Waals surface area contributed by atoms with Crippen molar-refractivity contribution in [2.24, 2.45) is 5.92 Å². The maximum atomic E-state index is 13.2. The van der Waals surface area contributed by atoms with Gasteiger partial charge in [-0.1, -0.05) is 25.5 Å². The fourth-order valence-corrected chi connectivity index (χ4v) is 4.21. The molecular formula is C23H29FN4O3. The number of amides is 2. The molecule has 8 heteroatoms. The smallest absolute Gasteiger partial charge is 0.274 e. The summed E-state index contributed by atoms with van der Waals surface area (Å²) < 4.78 is 21.1.